The SMILES string of the molecule is Cc1ccc(-c2csc(-c3cccc(NN=C(C#N)C#N)c3)n2)cc1[N+](=O)[O-]. The normalized spacial score (nSPS) is 9.82. The van der Waals surface area contributed by atoms with E-state index in [2.05, 4.69) is 15.5 Å². The second-order valence-electron chi connectivity index (χ2n) is 5.67. The van der Waals surface area contributed by atoms with E-state index in [1.54, 1.807) is 49.4 Å². The lowest BCUT2D eigenvalue weighted by atomic mass is 10.1. The molecular formula is C19H12N6O2S. The molecule has 0 unspecified atom stereocenters. The van der Waals surface area contributed by atoms with Crippen LogP contribution in [0.5, 0.6) is 0 Å². The van der Waals surface area contributed by atoms with Crippen molar-refractivity contribution in [2.45, 2.75) is 6.92 Å². The van der Waals surface area contributed by atoms with Crippen molar-refractivity contribution in [3.05, 3.63) is 63.5 Å². The summed E-state index contributed by atoms with van der Waals surface area (Å²) >= 11 is 1.41. The van der Waals surface area contributed by atoms with Crippen molar-refractivity contribution in [2.24, 2.45) is 5.10 Å². The van der Waals surface area contributed by atoms with Crippen LogP contribution in [0.3, 0.4) is 0 Å². The molecule has 0 atom stereocenters. The van der Waals surface area contributed by atoms with Crippen LogP contribution in [-0.2, 0) is 0 Å². The van der Waals surface area contributed by atoms with Crippen molar-refractivity contribution < 1.29 is 4.92 Å². The predicted octanol–water partition coefficient (Wildman–Crippen LogP) is 4.51. The van der Waals surface area contributed by atoms with Gasteiger partial charge in [0, 0.05) is 28.1 Å². The van der Waals surface area contributed by atoms with E-state index in [1.807, 2.05) is 11.4 Å². The number of thiazole rings is 1. The van der Waals surface area contributed by atoms with Gasteiger partial charge in [0.05, 0.1) is 16.3 Å². The topological polar surface area (TPSA) is 128 Å². The maximum Gasteiger partial charge on any atom is 0.272 e. The Hall–Kier alpha value is -4.08. The van der Waals surface area contributed by atoms with E-state index in [1.165, 1.54) is 17.4 Å². The number of aryl methyl sites for hydroxylation is 1. The second-order valence-corrected chi connectivity index (χ2v) is 6.53. The number of hydrogen-bond donors (Lipinski definition) is 1. The van der Waals surface area contributed by atoms with Crippen LogP contribution in [0.2, 0.25) is 0 Å². The lowest BCUT2D eigenvalue weighted by molar-refractivity contribution is -0.385. The largest absolute Gasteiger partial charge is 0.276 e. The minimum atomic E-state index is -0.404. The van der Waals surface area contributed by atoms with Crippen molar-refractivity contribution in [3.8, 4) is 34.0 Å². The highest BCUT2D eigenvalue weighted by atomic mass is 32.1. The molecule has 0 bridgehead atoms. The fourth-order valence-electron chi connectivity index (χ4n) is 2.42. The van der Waals surface area contributed by atoms with Crippen molar-refractivity contribution in [2.75, 3.05) is 5.43 Å². The Balaban J connectivity index is 1.89. The van der Waals surface area contributed by atoms with Crippen LogP contribution in [0.4, 0.5) is 11.4 Å². The molecular weight excluding hydrogens is 376 g/mol. The third kappa shape index (κ3) is 4.01. The van der Waals surface area contributed by atoms with Crippen LogP contribution in [0.1, 0.15) is 5.56 Å². The smallest absolute Gasteiger partial charge is 0.272 e. The van der Waals surface area contributed by atoms with Gasteiger partial charge in [-0.25, -0.2) is 4.98 Å². The van der Waals surface area contributed by atoms with Crippen molar-refractivity contribution in [1.29, 1.82) is 10.5 Å². The maximum absolute atomic E-state index is 11.2. The molecule has 2 aromatic carbocycles. The van der Waals surface area contributed by atoms with Gasteiger partial charge in [-0.05, 0) is 19.1 Å². The molecule has 9 heteroatoms. The summed E-state index contributed by atoms with van der Waals surface area (Å²) in [6.45, 7) is 1.69. The maximum atomic E-state index is 11.2. The highest BCUT2D eigenvalue weighted by molar-refractivity contribution is 7.13. The summed E-state index contributed by atoms with van der Waals surface area (Å²) in [5.41, 5.74) is 5.78. The number of nitriles is 2. The molecule has 1 N–H and O–H groups in total. The van der Waals surface area contributed by atoms with E-state index in [9.17, 15) is 10.1 Å². The highest BCUT2D eigenvalue weighted by Gasteiger charge is 2.14. The van der Waals surface area contributed by atoms with Gasteiger partial charge < -0.3 is 0 Å². The number of nitro benzene ring substituents is 1. The Labute approximate surface area is 164 Å². The molecule has 0 amide bonds. The third-order valence-corrected chi connectivity index (χ3v) is 4.72. The Kier molecular flexibility index (Phi) is 5.40. The molecule has 0 aliphatic heterocycles. The number of nitrogens with one attached hydrogen (secondary N) is 1. The number of benzene rings is 2. The van der Waals surface area contributed by atoms with E-state index in [0.29, 0.717) is 22.5 Å². The zero-order valence-electron chi connectivity index (χ0n) is 14.6. The Morgan fingerprint density at radius 3 is 2.71 bits per heavy atom. The summed E-state index contributed by atoms with van der Waals surface area (Å²) in [6.07, 6.45) is 0. The molecule has 3 aromatic rings. The van der Waals surface area contributed by atoms with Gasteiger partial charge in [0.1, 0.15) is 17.1 Å². The zero-order chi connectivity index (χ0) is 20.1. The number of hydrazone groups is 1. The average Bonchev–Trinajstić information content (AvgIpc) is 3.19. The Morgan fingerprint density at radius 1 is 1.21 bits per heavy atom. The molecule has 0 saturated heterocycles. The number of rotatable bonds is 5. The summed E-state index contributed by atoms with van der Waals surface area (Å²) in [5.74, 6) is 0. The number of nitro groups is 1. The number of hydrogen-bond acceptors (Lipinski definition) is 8. The summed E-state index contributed by atoms with van der Waals surface area (Å²) in [5, 5.41) is 34.9. The van der Waals surface area contributed by atoms with E-state index in [4.69, 9.17) is 10.5 Å². The molecule has 136 valence electrons. The van der Waals surface area contributed by atoms with Crippen LogP contribution in [0, 0.1) is 39.7 Å². The number of aromatic nitrogens is 1. The molecule has 0 spiro atoms. The highest BCUT2D eigenvalue weighted by Crippen LogP contribution is 2.32. The monoisotopic (exact) mass is 388 g/mol. The van der Waals surface area contributed by atoms with Crippen LogP contribution in [0.15, 0.2) is 52.9 Å². The molecule has 0 saturated carbocycles. The average molecular weight is 388 g/mol. The van der Waals surface area contributed by atoms with E-state index in [-0.39, 0.29) is 11.4 Å². The van der Waals surface area contributed by atoms with Gasteiger partial charge in [-0.1, -0.05) is 24.3 Å². The van der Waals surface area contributed by atoms with Crippen molar-refractivity contribution in [3.63, 3.8) is 0 Å². The third-order valence-electron chi connectivity index (χ3n) is 3.82. The van der Waals surface area contributed by atoms with Crippen molar-refractivity contribution in [1.82, 2.24) is 4.98 Å². The van der Waals surface area contributed by atoms with E-state index < -0.39 is 4.92 Å². The Morgan fingerprint density at radius 2 is 2.00 bits per heavy atom. The minimum absolute atomic E-state index is 0.0573. The van der Waals surface area contributed by atoms with Crippen LogP contribution in [0.25, 0.3) is 21.8 Å². The van der Waals surface area contributed by atoms with Gasteiger partial charge >= 0.3 is 0 Å². The van der Waals surface area contributed by atoms with Gasteiger partial charge in [0.25, 0.3) is 5.69 Å². The first-order valence-electron chi connectivity index (χ1n) is 7.97. The van der Waals surface area contributed by atoms with Gasteiger partial charge in [-0.15, -0.1) is 11.3 Å². The number of anilines is 1. The lowest BCUT2D eigenvalue weighted by Gasteiger charge is -2.02. The van der Waals surface area contributed by atoms with Gasteiger partial charge in [0.2, 0.25) is 5.71 Å². The first-order valence-corrected chi connectivity index (χ1v) is 8.85. The molecule has 28 heavy (non-hydrogen) atoms. The van der Waals surface area contributed by atoms with Gasteiger partial charge in [0.15, 0.2) is 0 Å². The molecule has 1 aromatic heterocycles. The summed E-state index contributed by atoms with van der Waals surface area (Å²) in [7, 11) is 0. The van der Waals surface area contributed by atoms with Gasteiger partial charge in [-0.2, -0.15) is 15.6 Å². The quantitative estimate of drug-likeness (QED) is 0.389. The summed E-state index contributed by atoms with van der Waals surface area (Å²) < 4.78 is 0. The molecule has 0 aliphatic rings. The van der Waals surface area contributed by atoms with E-state index >= 15 is 0 Å². The lowest BCUT2D eigenvalue weighted by Crippen LogP contribution is -1.96. The van der Waals surface area contributed by atoms with Crippen molar-refractivity contribution >= 4 is 28.4 Å². The second kappa shape index (κ2) is 8.08. The fourth-order valence-corrected chi connectivity index (χ4v) is 3.25. The molecule has 0 aliphatic carbocycles. The summed E-state index contributed by atoms with van der Waals surface area (Å²) in [4.78, 5) is 15.3. The zero-order valence-corrected chi connectivity index (χ0v) is 15.4. The molecule has 3 rings (SSSR count). The summed E-state index contributed by atoms with van der Waals surface area (Å²) in [6, 6.07) is 15.6. The Bertz CT molecular complexity index is 1150. The first-order chi connectivity index (χ1) is 13.5. The first kappa shape index (κ1) is 18.7. The molecule has 0 radical (unpaired) electrons. The van der Waals surface area contributed by atoms with Crippen LogP contribution < -0.4 is 5.43 Å². The van der Waals surface area contributed by atoms with Gasteiger partial charge in [-0.3, -0.25) is 15.5 Å². The number of nitrogens with zero attached hydrogens (tertiary/aromatic N) is 5. The predicted molar refractivity (Wildman–Crippen MR) is 107 cm³/mol. The molecule has 1 heterocycles. The van der Waals surface area contributed by atoms with Crippen LogP contribution in [-0.4, -0.2) is 15.6 Å². The van der Waals surface area contributed by atoms with E-state index in [0.717, 1.165) is 10.6 Å². The van der Waals surface area contributed by atoms with Crippen LogP contribution >= 0.6 is 11.3 Å². The molecule has 0 fully saturated rings. The molecule has 8 nitrogen and oxygen atoms in total. The fraction of sp³-hybridized carbons (Fsp3) is 0.0526. The standard InChI is InChI=1S/C19H12N6O2S/c1-12-5-6-13(8-18(12)25(26)27)17-11-28-19(22-17)14-3-2-4-15(7-14)23-24-16(9-20)10-21/h2-8,11,23H,1H3. The minimum Gasteiger partial charge on any atom is -0.276 e.